The summed E-state index contributed by atoms with van der Waals surface area (Å²) in [5.41, 5.74) is 3.90. The third-order valence-electron chi connectivity index (χ3n) is 5.34. The van der Waals surface area contributed by atoms with E-state index in [1.807, 2.05) is 61.0 Å². The third kappa shape index (κ3) is 4.56. The van der Waals surface area contributed by atoms with Gasteiger partial charge in [0.1, 0.15) is 5.60 Å². The topological polar surface area (TPSA) is 82.1 Å². The number of hydrogen-bond acceptors (Lipinski definition) is 4. The van der Waals surface area contributed by atoms with Crippen molar-refractivity contribution in [1.29, 1.82) is 5.26 Å². The van der Waals surface area contributed by atoms with Gasteiger partial charge in [-0.15, -0.1) is 0 Å². The second-order valence-corrected chi connectivity index (χ2v) is 7.62. The van der Waals surface area contributed by atoms with Gasteiger partial charge in [0.2, 0.25) is 0 Å². The van der Waals surface area contributed by atoms with Crippen LogP contribution in [0.2, 0.25) is 0 Å². The molecule has 2 atom stereocenters. The first-order chi connectivity index (χ1) is 13.9. The van der Waals surface area contributed by atoms with E-state index in [-0.39, 0.29) is 0 Å². The van der Waals surface area contributed by atoms with Crippen LogP contribution in [0.25, 0.3) is 16.9 Å². The van der Waals surface area contributed by atoms with Crippen LogP contribution in [0.1, 0.15) is 49.9 Å². The van der Waals surface area contributed by atoms with Crippen molar-refractivity contribution in [3.05, 3.63) is 71.4 Å². The minimum atomic E-state index is -1.12. The van der Waals surface area contributed by atoms with Crippen LogP contribution in [0.4, 0.5) is 0 Å². The first kappa shape index (κ1) is 20.8. The van der Waals surface area contributed by atoms with Gasteiger partial charge in [0, 0.05) is 5.56 Å². The minimum absolute atomic E-state index is 0.429. The number of benzene rings is 2. The molecule has 0 bridgehead atoms. The van der Waals surface area contributed by atoms with Crippen molar-refractivity contribution in [1.82, 2.24) is 9.78 Å². The van der Waals surface area contributed by atoms with Crippen molar-refractivity contribution in [3.63, 3.8) is 0 Å². The fraction of sp³-hybridized carbons (Fsp3) is 0.333. The van der Waals surface area contributed by atoms with E-state index in [4.69, 9.17) is 10.4 Å². The van der Waals surface area contributed by atoms with Crippen LogP contribution in [0, 0.1) is 18.3 Å². The number of nitriles is 1. The Labute approximate surface area is 171 Å². The molecular weight excluding hydrogens is 362 g/mol. The summed E-state index contributed by atoms with van der Waals surface area (Å²) in [5.74, 6) is 0. The molecule has 5 nitrogen and oxygen atoms in total. The lowest BCUT2D eigenvalue weighted by atomic mass is 9.89. The van der Waals surface area contributed by atoms with Crippen molar-refractivity contribution in [3.8, 4) is 23.0 Å². The van der Waals surface area contributed by atoms with E-state index in [1.165, 1.54) is 5.56 Å². The Morgan fingerprint density at radius 2 is 1.79 bits per heavy atom. The fourth-order valence-electron chi connectivity index (χ4n) is 3.35. The first-order valence-corrected chi connectivity index (χ1v) is 9.95. The molecule has 5 heteroatoms. The molecule has 3 aromatic rings. The highest BCUT2D eigenvalue weighted by Gasteiger charge is 2.31. The highest BCUT2D eigenvalue weighted by Crippen LogP contribution is 2.34. The van der Waals surface area contributed by atoms with E-state index in [0.29, 0.717) is 30.5 Å². The normalized spacial score (nSPS) is 14.2. The molecule has 0 radical (unpaired) electrons. The average Bonchev–Trinajstić information content (AvgIpc) is 3.18. The molecule has 2 N–H and O–H groups in total. The maximum absolute atomic E-state index is 11.3. The van der Waals surface area contributed by atoms with Crippen molar-refractivity contribution in [2.24, 2.45) is 0 Å². The Bertz CT molecular complexity index is 998. The molecule has 0 saturated carbocycles. The van der Waals surface area contributed by atoms with Crippen LogP contribution in [0.3, 0.4) is 0 Å². The van der Waals surface area contributed by atoms with Crippen LogP contribution in [-0.4, -0.2) is 26.1 Å². The monoisotopic (exact) mass is 389 g/mol. The summed E-state index contributed by atoms with van der Waals surface area (Å²) in [4.78, 5) is 0. The van der Waals surface area contributed by atoms with Crippen molar-refractivity contribution < 1.29 is 10.2 Å². The van der Waals surface area contributed by atoms with Crippen molar-refractivity contribution in [2.75, 3.05) is 0 Å². The number of aromatic nitrogens is 2. The fourth-order valence-corrected chi connectivity index (χ4v) is 3.35. The van der Waals surface area contributed by atoms with Crippen LogP contribution in [-0.2, 0) is 5.60 Å². The number of aryl methyl sites for hydroxylation is 1. The number of aliphatic hydroxyl groups is 2. The second-order valence-electron chi connectivity index (χ2n) is 7.62. The molecule has 0 aliphatic heterocycles. The standard InChI is InChI=1S/C24H27N3O2/c1-4-24(29,14-13-18(3)28)23-15-22(20-9-5-17(2)6-10-20)27(26-23)21-11-7-19(16-25)8-12-21/h5-12,15,18,28-29H,4,13-14H2,1-3H3. The summed E-state index contributed by atoms with van der Waals surface area (Å²) in [6, 6.07) is 19.5. The second kappa shape index (κ2) is 8.60. The predicted octanol–water partition coefficient (Wildman–Crippen LogP) is 4.48. The van der Waals surface area contributed by atoms with Crippen molar-refractivity contribution in [2.45, 2.75) is 51.7 Å². The zero-order valence-electron chi connectivity index (χ0n) is 17.1. The molecule has 3 rings (SSSR count). The van der Waals surface area contributed by atoms with E-state index < -0.39 is 11.7 Å². The number of hydrogen-bond donors (Lipinski definition) is 2. The van der Waals surface area contributed by atoms with Gasteiger partial charge in [0.05, 0.1) is 34.8 Å². The molecule has 1 aromatic heterocycles. The van der Waals surface area contributed by atoms with E-state index in [2.05, 4.69) is 6.07 Å². The molecule has 0 aliphatic carbocycles. The smallest absolute Gasteiger partial charge is 0.108 e. The van der Waals surface area contributed by atoms with E-state index >= 15 is 0 Å². The first-order valence-electron chi connectivity index (χ1n) is 9.95. The molecule has 2 aromatic carbocycles. The van der Waals surface area contributed by atoms with Crippen molar-refractivity contribution >= 4 is 0 Å². The summed E-state index contributed by atoms with van der Waals surface area (Å²) in [6.07, 6.45) is 0.940. The Morgan fingerprint density at radius 3 is 2.34 bits per heavy atom. The summed E-state index contributed by atoms with van der Waals surface area (Å²) < 4.78 is 1.81. The van der Waals surface area contributed by atoms with Gasteiger partial charge in [-0.25, -0.2) is 4.68 Å². The third-order valence-corrected chi connectivity index (χ3v) is 5.34. The van der Waals surface area contributed by atoms with E-state index in [0.717, 1.165) is 16.9 Å². The largest absolute Gasteiger partial charge is 0.393 e. The van der Waals surface area contributed by atoms with E-state index in [9.17, 15) is 10.2 Å². The van der Waals surface area contributed by atoms with Gasteiger partial charge in [-0.3, -0.25) is 0 Å². The summed E-state index contributed by atoms with van der Waals surface area (Å²) >= 11 is 0. The molecule has 1 heterocycles. The highest BCUT2D eigenvalue weighted by molar-refractivity contribution is 5.63. The van der Waals surface area contributed by atoms with Gasteiger partial charge >= 0.3 is 0 Å². The van der Waals surface area contributed by atoms with Gasteiger partial charge < -0.3 is 10.2 Å². The Hall–Kier alpha value is -2.94. The van der Waals surface area contributed by atoms with Gasteiger partial charge in [-0.1, -0.05) is 36.8 Å². The Balaban J connectivity index is 2.12. The van der Waals surface area contributed by atoms with Gasteiger partial charge in [-0.05, 0) is 63.4 Å². The van der Waals surface area contributed by atoms with Crippen LogP contribution in [0.5, 0.6) is 0 Å². The summed E-state index contributed by atoms with van der Waals surface area (Å²) in [6.45, 7) is 5.69. The quantitative estimate of drug-likeness (QED) is 0.624. The van der Waals surface area contributed by atoms with Gasteiger partial charge in [0.25, 0.3) is 0 Å². The highest BCUT2D eigenvalue weighted by atomic mass is 16.3. The molecule has 29 heavy (non-hydrogen) atoms. The number of nitrogens with zero attached hydrogens (tertiary/aromatic N) is 3. The lowest BCUT2D eigenvalue weighted by Gasteiger charge is -2.25. The zero-order valence-corrected chi connectivity index (χ0v) is 17.1. The molecule has 2 unspecified atom stereocenters. The molecular formula is C24H27N3O2. The van der Waals surface area contributed by atoms with E-state index in [1.54, 1.807) is 19.1 Å². The number of aliphatic hydroxyl groups excluding tert-OH is 1. The molecule has 0 spiro atoms. The molecule has 150 valence electrons. The Kier molecular flexibility index (Phi) is 6.17. The summed E-state index contributed by atoms with van der Waals surface area (Å²) in [7, 11) is 0. The Morgan fingerprint density at radius 1 is 1.14 bits per heavy atom. The molecule has 0 aliphatic rings. The SMILES string of the molecule is CCC(O)(CCC(C)O)c1cc(-c2ccc(C)cc2)n(-c2ccc(C#N)cc2)n1. The maximum Gasteiger partial charge on any atom is 0.108 e. The number of rotatable bonds is 7. The zero-order chi connectivity index (χ0) is 21.0. The lowest BCUT2D eigenvalue weighted by Crippen LogP contribution is -2.27. The van der Waals surface area contributed by atoms with Crippen LogP contribution in [0.15, 0.2) is 54.6 Å². The average molecular weight is 389 g/mol. The predicted molar refractivity (Wildman–Crippen MR) is 114 cm³/mol. The van der Waals surface area contributed by atoms with Crippen LogP contribution < -0.4 is 0 Å². The lowest BCUT2D eigenvalue weighted by molar-refractivity contribution is 0.00550. The minimum Gasteiger partial charge on any atom is -0.393 e. The maximum atomic E-state index is 11.3. The molecule has 0 fully saturated rings. The van der Waals surface area contributed by atoms with Crippen LogP contribution >= 0.6 is 0 Å². The van der Waals surface area contributed by atoms with Gasteiger partial charge in [0.15, 0.2) is 0 Å². The molecule has 0 amide bonds. The molecule has 0 saturated heterocycles. The summed E-state index contributed by atoms with van der Waals surface area (Å²) in [5, 5.41) is 34.8. The van der Waals surface area contributed by atoms with Gasteiger partial charge in [-0.2, -0.15) is 10.4 Å².